The predicted octanol–water partition coefficient (Wildman–Crippen LogP) is 3.98. The van der Waals surface area contributed by atoms with Crippen LogP contribution in [-0.4, -0.2) is 12.1 Å². The summed E-state index contributed by atoms with van der Waals surface area (Å²) < 4.78 is 0. The van der Waals surface area contributed by atoms with Crippen LogP contribution in [0.5, 0.6) is 0 Å². The summed E-state index contributed by atoms with van der Waals surface area (Å²) in [5.41, 5.74) is 0.568. The minimum atomic E-state index is 0.568. The maximum atomic E-state index is 3.94. The largest absolute Gasteiger partial charge is 0.311 e. The molecule has 16 heavy (non-hydrogen) atoms. The van der Waals surface area contributed by atoms with E-state index < -0.39 is 0 Å². The van der Waals surface area contributed by atoms with Gasteiger partial charge in [0.05, 0.1) is 0 Å². The Balaban J connectivity index is 1.82. The summed E-state index contributed by atoms with van der Waals surface area (Å²) >= 11 is 0. The molecule has 0 aromatic rings. The SMILES string of the molecule is CC1CCC(NC2CC(C)(C)CC2C)CC1. The fourth-order valence-electron chi connectivity index (χ4n) is 3.85. The molecule has 1 nitrogen and oxygen atoms in total. The Bertz CT molecular complexity index is 226. The zero-order valence-electron chi connectivity index (χ0n) is 11.6. The average Bonchev–Trinajstić information content (AvgIpc) is 2.44. The summed E-state index contributed by atoms with van der Waals surface area (Å²) in [4.78, 5) is 0. The summed E-state index contributed by atoms with van der Waals surface area (Å²) in [6.45, 7) is 9.68. The van der Waals surface area contributed by atoms with Crippen LogP contribution in [0.2, 0.25) is 0 Å². The van der Waals surface area contributed by atoms with Gasteiger partial charge in [0.1, 0.15) is 0 Å². The van der Waals surface area contributed by atoms with Crippen molar-refractivity contribution < 1.29 is 0 Å². The molecule has 1 N–H and O–H groups in total. The first-order valence-electron chi connectivity index (χ1n) is 7.22. The smallest absolute Gasteiger partial charge is 0.0101 e. The quantitative estimate of drug-likeness (QED) is 0.746. The van der Waals surface area contributed by atoms with E-state index in [0.29, 0.717) is 5.41 Å². The van der Waals surface area contributed by atoms with E-state index in [1.54, 1.807) is 0 Å². The molecule has 0 amide bonds. The Morgan fingerprint density at radius 2 is 1.56 bits per heavy atom. The fraction of sp³-hybridized carbons (Fsp3) is 1.00. The third-order valence-corrected chi connectivity index (χ3v) is 4.80. The van der Waals surface area contributed by atoms with E-state index in [1.807, 2.05) is 0 Å². The van der Waals surface area contributed by atoms with E-state index in [1.165, 1.54) is 38.5 Å². The average molecular weight is 223 g/mol. The predicted molar refractivity (Wildman–Crippen MR) is 70.5 cm³/mol. The lowest BCUT2D eigenvalue weighted by Gasteiger charge is -2.31. The Labute approximate surface area is 101 Å². The summed E-state index contributed by atoms with van der Waals surface area (Å²) in [5, 5.41) is 3.94. The molecule has 1 heteroatoms. The zero-order valence-corrected chi connectivity index (χ0v) is 11.6. The van der Waals surface area contributed by atoms with Crippen LogP contribution in [0.25, 0.3) is 0 Å². The van der Waals surface area contributed by atoms with Crippen LogP contribution in [0.4, 0.5) is 0 Å². The molecule has 0 radical (unpaired) electrons. The van der Waals surface area contributed by atoms with Crippen LogP contribution >= 0.6 is 0 Å². The number of hydrogen-bond donors (Lipinski definition) is 1. The molecule has 2 saturated carbocycles. The Kier molecular flexibility index (Phi) is 3.63. The highest BCUT2D eigenvalue weighted by molar-refractivity contribution is 4.93. The van der Waals surface area contributed by atoms with Crippen molar-refractivity contribution in [3.8, 4) is 0 Å². The molecule has 94 valence electrons. The summed E-state index contributed by atoms with van der Waals surface area (Å²) in [6, 6.07) is 1.60. The normalized spacial score (nSPS) is 43.5. The van der Waals surface area contributed by atoms with Gasteiger partial charge in [0, 0.05) is 12.1 Å². The minimum absolute atomic E-state index is 0.568. The maximum absolute atomic E-state index is 3.94. The number of rotatable bonds is 2. The molecule has 0 aromatic heterocycles. The van der Waals surface area contributed by atoms with Crippen LogP contribution in [0.1, 0.15) is 66.2 Å². The van der Waals surface area contributed by atoms with E-state index in [9.17, 15) is 0 Å². The van der Waals surface area contributed by atoms with Gasteiger partial charge in [-0.3, -0.25) is 0 Å². The number of hydrogen-bond acceptors (Lipinski definition) is 1. The lowest BCUT2D eigenvalue weighted by atomic mass is 9.86. The molecule has 2 fully saturated rings. The third-order valence-electron chi connectivity index (χ3n) is 4.80. The zero-order chi connectivity index (χ0) is 11.8. The van der Waals surface area contributed by atoms with Gasteiger partial charge in [-0.25, -0.2) is 0 Å². The second kappa shape index (κ2) is 4.68. The van der Waals surface area contributed by atoms with Crippen molar-refractivity contribution in [2.75, 3.05) is 0 Å². The molecule has 0 bridgehead atoms. The van der Waals surface area contributed by atoms with Crippen LogP contribution in [-0.2, 0) is 0 Å². The van der Waals surface area contributed by atoms with Gasteiger partial charge in [-0.1, -0.05) is 27.7 Å². The Morgan fingerprint density at radius 1 is 0.938 bits per heavy atom. The van der Waals surface area contributed by atoms with Gasteiger partial charge in [0.25, 0.3) is 0 Å². The lowest BCUT2D eigenvalue weighted by Crippen LogP contribution is -2.41. The highest BCUT2D eigenvalue weighted by Gasteiger charge is 2.37. The molecule has 0 aromatic carbocycles. The molecule has 2 aliphatic rings. The third kappa shape index (κ3) is 3.00. The molecular formula is C15H29N. The second-order valence-corrected chi connectivity index (χ2v) is 7.28. The molecule has 2 atom stereocenters. The minimum Gasteiger partial charge on any atom is -0.311 e. The van der Waals surface area contributed by atoms with Gasteiger partial charge in [-0.05, 0) is 55.8 Å². The van der Waals surface area contributed by atoms with Crippen LogP contribution in [0.15, 0.2) is 0 Å². The van der Waals surface area contributed by atoms with Gasteiger partial charge in [-0.2, -0.15) is 0 Å². The topological polar surface area (TPSA) is 12.0 Å². The van der Waals surface area contributed by atoms with Crippen molar-refractivity contribution in [3.05, 3.63) is 0 Å². The van der Waals surface area contributed by atoms with Crippen LogP contribution in [0, 0.1) is 17.3 Å². The van der Waals surface area contributed by atoms with Gasteiger partial charge >= 0.3 is 0 Å². The van der Waals surface area contributed by atoms with E-state index in [4.69, 9.17) is 0 Å². The lowest BCUT2D eigenvalue weighted by molar-refractivity contribution is 0.267. The standard InChI is InChI=1S/C15H29N/c1-11-5-7-13(8-6-11)16-14-10-15(3,4)9-12(14)2/h11-14,16H,5-10H2,1-4H3. The molecule has 2 aliphatic carbocycles. The maximum Gasteiger partial charge on any atom is 0.0101 e. The monoisotopic (exact) mass is 223 g/mol. The fourth-order valence-corrected chi connectivity index (χ4v) is 3.85. The van der Waals surface area contributed by atoms with Crippen LogP contribution in [0.3, 0.4) is 0 Å². The first-order chi connectivity index (χ1) is 7.46. The molecule has 0 spiro atoms. The van der Waals surface area contributed by atoms with Crippen molar-refractivity contribution in [1.82, 2.24) is 5.32 Å². The Morgan fingerprint density at radius 3 is 2.06 bits per heavy atom. The van der Waals surface area contributed by atoms with Crippen molar-refractivity contribution >= 4 is 0 Å². The van der Waals surface area contributed by atoms with Crippen molar-refractivity contribution in [2.24, 2.45) is 17.3 Å². The summed E-state index contributed by atoms with van der Waals surface area (Å²) in [6.07, 6.45) is 8.45. The first kappa shape index (κ1) is 12.4. The molecule has 2 rings (SSSR count). The van der Waals surface area contributed by atoms with Crippen molar-refractivity contribution in [1.29, 1.82) is 0 Å². The molecular weight excluding hydrogens is 194 g/mol. The molecule has 0 heterocycles. The summed E-state index contributed by atoms with van der Waals surface area (Å²) in [7, 11) is 0. The Hall–Kier alpha value is -0.0400. The van der Waals surface area contributed by atoms with Gasteiger partial charge in [0.15, 0.2) is 0 Å². The van der Waals surface area contributed by atoms with E-state index in [0.717, 1.165) is 23.9 Å². The number of nitrogens with one attached hydrogen (secondary N) is 1. The second-order valence-electron chi connectivity index (χ2n) is 7.28. The highest BCUT2D eigenvalue weighted by Crippen LogP contribution is 2.41. The van der Waals surface area contributed by atoms with E-state index in [-0.39, 0.29) is 0 Å². The molecule has 0 saturated heterocycles. The van der Waals surface area contributed by atoms with Gasteiger partial charge in [0.2, 0.25) is 0 Å². The van der Waals surface area contributed by atoms with Crippen molar-refractivity contribution in [2.45, 2.75) is 78.3 Å². The van der Waals surface area contributed by atoms with Crippen molar-refractivity contribution in [3.63, 3.8) is 0 Å². The summed E-state index contributed by atoms with van der Waals surface area (Å²) in [5.74, 6) is 1.84. The highest BCUT2D eigenvalue weighted by atomic mass is 15.0. The van der Waals surface area contributed by atoms with Crippen LogP contribution < -0.4 is 5.32 Å². The van der Waals surface area contributed by atoms with Gasteiger partial charge in [-0.15, -0.1) is 0 Å². The van der Waals surface area contributed by atoms with E-state index in [2.05, 4.69) is 33.0 Å². The van der Waals surface area contributed by atoms with E-state index >= 15 is 0 Å². The molecule has 0 aliphatic heterocycles. The van der Waals surface area contributed by atoms with Gasteiger partial charge < -0.3 is 5.32 Å². The first-order valence-corrected chi connectivity index (χ1v) is 7.22. The molecule has 2 unspecified atom stereocenters.